The van der Waals surface area contributed by atoms with Gasteiger partial charge >= 0.3 is 6.03 Å². The molecule has 0 unspecified atom stereocenters. The smallest absolute Gasteiger partial charge is 0.319 e. The SMILES string of the molecule is O=C(CNC(=O)Nc1cc(F)ccc1N1CCCCC1)NC1CC1. The lowest BCUT2D eigenvalue weighted by atomic mass is 10.1. The van der Waals surface area contributed by atoms with E-state index in [-0.39, 0.29) is 18.5 Å². The van der Waals surface area contributed by atoms with Crippen molar-refractivity contribution in [1.29, 1.82) is 0 Å². The van der Waals surface area contributed by atoms with Gasteiger partial charge in [0.25, 0.3) is 0 Å². The Kier molecular flexibility index (Phi) is 5.17. The molecule has 3 N–H and O–H groups in total. The molecule has 0 bridgehead atoms. The number of piperidine rings is 1. The van der Waals surface area contributed by atoms with E-state index in [1.54, 1.807) is 6.07 Å². The van der Waals surface area contributed by atoms with Crippen molar-refractivity contribution in [3.8, 4) is 0 Å². The van der Waals surface area contributed by atoms with Crippen LogP contribution >= 0.6 is 0 Å². The number of carbonyl (C=O) groups excluding carboxylic acids is 2. The highest BCUT2D eigenvalue weighted by Gasteiger charge is 2.23. The molecule has 0 radical (unpaired) electrons. The molecule has 1 heterocycles. The summed E-state index contributed by atoms with van der Waals surface area (Å²) in [5.41, 5.74) is 1.24. The van der Waals surface area contributed by atoms with Crippen LogP contribution in [0.4, 0.5) is 20.6 Å². The van der Waals surface area contributed by atoms with Crippen LogP contribution in [0.2, 0.25) is 0 Å². The number of nitrogens with one attached hydrogen (secondary N) is 3. The summed E-state index contributed by atoms with van der Waals surface area (Å²) in [6.07, 6.45) is 5.37. The highest BCUT2D eigenvalue weighted by Crippen LogP contribution is 2.29. The second kappa shape index (κ2) is 7.51. The quantitative estimate of drug-likeness (QED) is 0.773. The number of carbonyl (C=O) groups is 2. The summed E-state index contributed by atoms with van der Waals surface area (Å²) >= 11 is 0. The molecule has 1 aliphatic heterocycles. The van der Waals surface area contributed by atoms with Crippen LogP contribution < -0.4 is 20.9 Å². The maximum absolute atomic E-state index is 13.6. The van der Waals surface area contributed by atoms with Gasteiger partial charge in [0.1, 0.15) is 5.82 Å². The highest BCUT2D eigenvalue weighted by molar-refractivity contribution is 5.95. The third kappa shape index (κ3) is 4.59. The van der Waals surface area contributed by atoms with Crippen molar-refractivity contribution in [2.24, 2.45) is 0 Å². The molecule has 2 fully saturated rings. The van der Waals surface area contributed by atoms with E-state index in [9.17, 15) is 14.0 Å². The molecule has 1 aromatic carbocycles. The molecule has 2 aliphatic rings. The van der Waals surface area contributed by atoms with E-state index in [0.29, 0.717) is 5.69 Å². The summed E-state index contributed by atoms with van der Waals surface area (Å²) < 4.78 is 13.6. The molecule has 24 heavy (non-hydrogen) atoms. The third-order valence-electron chi connectivity index (χ3n) is 4.26. The largest absolute Gasteiger partial charge is 0.370 e. The van der Waals surface area contributed by atoms with Crippen molar-refractivity contribution in [2.45, 2.75) is 38.1 Å². The van der Waals surface area contributed by atoms with Crippen LogP contribution in [-0.2, 0) is 4.79 Å². The number of hydrogen-bond acceptors (Lipinski definition) is 3. The molecule has 130 valence electrons. The van der Waals surface area contributed by atoms with Crippen molar-refractivity contribution in [3.63, 3.8) is 0 Å². The second-order valence-corrected chi connectivity index (χ2v) is 6.36. The maximum Gasteiger partial charge on any atom is 0.319 e. The van der Waals surface area contributed by atoms with E-state index in [2.05, 4.69) is 20.9 Å². The Morgan fingerprint density at radius 3 is 2.62 bits per heavy atom. The topological polar surface area (TPSA) is 73.5 Å². The number of urea groups is 1. The number of hydrogen-bond donors (Lipinski definition) is 3. The van der Waals surface area contributed by atoms with E-state index in [1.165, 1.54) is 18.6 Å². The second-order valence-electron chi connectivity index (χ2n) is 6.36. The van der Waals surface area contributed by atoms with Crippen LogP contribution in [0, 0.1) is 5.82 Å². The summed E-state index contributed by atoms with van der Waals surface area (Å²) in [7, 11) is 0. The zero-order valence-electron chi connectivity index (χ0n) is 13.6. The fraction of sp³-hybridized carbons (Fsp3) is 0.529. The van der Waals surface area contributed by atoms with E-state index >= 15 is 0 Å². The van der Waals surface area contributed by atoms with Gasteiger partial charge in [-0.25, -0.2) is 9.18 Å². The summed E-state index contributed by atoms with van der Waals surface area (Å²) in [6.45, 7) is 1.70. The Bertz CT molecular complexity index is 613. The number of nitrogens with zero attached hydrogens (tertiary/aromatic N) is 1. The number of benzene rings is 1. The molecule has 6 nitrogen and oxygen atoms in total. The predicted molar refractivity (Wildman–Crippen MR) is 90.7 cm³/mol. The molecule has 1 saturated heterocycles. The first-order chi connectivity index (χ1) is 11.6. The molecular weight excluding hydrogens is 311 g/mol. The minimum Gasteiger partial charge on any atom is -0.370 e. The van der Waals surface area contributed by atoms with Gasteiger partial charge in [-0.15, -0.1) is 0 Å². The number of amides is 3. The molecule has 1 aliphatic carbocycles. The molecule has 3 amide bonds. The van der Waals surface area contributed by atoms with Crippen LogP contribution in [0.5, 0.6) is 0 Å². The van der Waals surface area contributed by atoms with Gasteiger partial charge in [-0.2, -0.15) is 0 Å². The van der Waals surface area contributed by atoms with Crippen LogP contribution in [0.15, 0.2) is 18.2 Å². The molecule has 1 aromatic rings. The fourth-order valence-electron chi connectivity index (χ4n) is 2.85. The lowest BCUT2D eigenvalue weighted by molar-refractivity contribution is -0.120. The van der Waals surface area contributed by atoms with Crippen LogP contribution in [0.1, 0.15) is 32.1 Å². The Morgan fingerprint density at radius 2 is 1.92 bits per heavy atom. The average molecular weight is 334 g/mol. The van der Waals surface area contributed by atoms with E-state index in [4.69, 9.17) is 0 Å². The van der Waals surface area contributed by atoms with Crippen molar-refractivity contribution in [1.82, 2.24) is 10.6 Å². The molecule has 3 rings (SSSR count). The highest BCUT2D eigenvalue weighted by atomic mass is 19.1. The molecule has 0 atom stereocenters. The molecule has 0 aromatic heterocycles. The van der Waals surface area contributed by atoms with E-state index < -0.39 is 11.8 Å². The Balaban J connectivity index is 1.59. The predicted octanol–water partition coefficient (Wildman–Crippen LogP) is 2.22. The van der Waals surface area contributed by atoms with Gasteiger partial charge in [0.15, 0.2) is 0 Å². The Hall–Kier alpha value is -2.31. The standard InChI is InChI=1S/C17H23FN4O2/c18-12-4-7-15(22-8-2-1-3-9-22)14(10-12)21-17(24)19-11-16(23)20-13-5-6-13/h4,7,10,13H,1-3,5-6,8-9,11H2,(H,20,23)(H2,19,21,24). The summed E-state index contributed by atoms with van der Waals surface area (Å²) in [6, 6.07) is 4.15. The van der Waals surface area contributed by atoms with Gasteiger partial charge in [0.2, 0.25) is 5.91 Å². The van der Waals surface area contributed by atoms with Crippen LogP contribution in [-0.4, -0.2) is 37.6 Å². The number of halogens is 1. The van der Waals surface area contributed by atoms with Gasteiger partial charge in [-0.1, -0.05) is 0 Å². The van der Waals surface area contributed by atoms with E-state index in [0.717, 1.165) is 44.5 Å². The van der Waals surface area contributed by atoms with Gasteiger partial charge in [0.05, 0.1) is 17.9 Å². The summed E-state index contributed by atoms with van der Waals surface area (Å²) in [5, 5.41) is 7.97. The Morgan fingerprint density at radius 1 is 1.17 bits per heavy atom. The lowest BCUT2D eigenvalue weighted by Crippen LogP contribution is -2.40. The van der Waals surface area contributed by atoms with Gasteiger partial charge < -0.3 is 20.9 Å². The monoisotopic (exact) mass is 334 g/mol. The first kappa shape index (κ1) is 16.5. The summed E-state index contributed by atoms with van der Waals surface area (Å²) in [5.74, 6) is -0.610. The maximum atomic E-state index is 13.6. The molecule has 7 heteroatoms. The normalized spacial score (nSPS) is 17.3. The van der Waals surface area contributed by atoms with E-state index in [1.807, 2.05) is 0 Å². The van der Waals surface area contributed by atoms with Crippen molar-refractivity contribution < 1.29 is 14.0 Å². The first-order valence-corrected chi connectivity index (χ1v) is 8.50. The minimum atomic E-state index is -0.509. The summed E-state index contributed by atoms with van der Waals surface area (Å²) in [4.78, 5) is 25.8. The van der Waals surface area contributed by atoms with Gasteiger partial charge in [-0.05, 0) is 50.3 Å². The zero-order valence-corrected chi connectivity index (χ0v) is 13.6. The number of anilines is 2. The minimum absolute atomic E-state index is 0.0866. The lowest BCUT2D eigenvalue weighted by Gasteiger charge is -2.30. The zero-order chi connectivity index (χ0) is 16.9. The van der Waals surface area contributed by atoms with Crippen LogP contribution in [0.3, 0.4) is 0 Å². The van der Waals surface area contributed by atoms with Gasteiger partial charge in [-0.3, -0.25) is 4.79 Å². The fourth-order valence-corrected chi connectivity index (χ4v) is 2.85. The first-order valence-electron chi connectivity index (χ1n) is 8.50. The average Bonchev–Trinajstić information content (AvgIpc) is 3.38. The Labute approximate surface area is 140 Å². The molecule has 0 spiro atoms. The van der Waals surface area contributed by atoms with Crippen molar-refractivity contribution in [2.75, 3.05) is 29.9 Å². The van der Waals surface area contributed by atoms with Crippen LogP contribution in [0.25, 0.3) is 0 Å². The van der Waals surface area contributed by atoms with Crippen molar-refractivity contribution >= 4 is 23.3 Å². The van der Waals surface area contributed by atoms with Crippen molar-refractivity contribution in [3.05, 3.63) is 24.0 Å². The third-order valence-corrected chi connectivity index (χ3v) is 4.26. The number of rotatable bonds is 5. The molecular formula is C17H23FN4O2. The van der Waals surface area contributed by atoms with Gasteiger partial charge in [0, 0.05) is 19.1 Å². The molecule has 1 saturated carbocycles.